The van der Waals surface area contributed by atoms with Gasteiger partial charge in [-0.2, -0.15) is 4.58 Å². The number of allylic oxidation sites excluding steroid dienone is 1. The molecule has 0 unspecified atom stereocenters. The molecular weight excluding hydrogens is 472 g/mol. The second kappa shape index (κ2) is 10.5. The predicted octanol–water partition coefficient (Wildman–Crippen LogP) is 8.32. The van der Waals surface area contributed by atoms with Crippen molar-refractivity contribution in [3.63, 3.8) is 0 Å². The molecule has 196 valence electrons. The first-order valence-electron chi connectivity index (χ1n) is 13.7. The number of aromatic carboxylic acids is 1. The van der Waals surface area contributed by atoms with E-state index in [4.69, 9.17) is 4.74 Å². The van der Waals surface area contributed by atoms with Gasteiger partial charge in [0.25, 0.3) is 0 Å². The second-order valence-electron chi connectivity index (χ2n) is 10.7. The summed E-state index contributed by atoms with van der Waals surface area (Å²) in [6, 6.07) is 20.2. The first-order chi connectivity index (χ1) is 18.3. The molecule has 3 aromatic carbocycles. The first kappa shape index (κ1) is 25.8. The van der Waals surface area contributed by atoms with Crippen molar-refractivity contribution in [3.8, 4) is 11.5 Å². The van der Waals surface area contributed by atoms with Crippen LogP contribution in [-0.4, -0.2) is 34.5 Å². The lowest BCUT2D eigenvalue weighted by molar-refractivity contribution is -0.438. The Morgan fingerprint density at radius 1 is 0.947 bits per heavy atom. The minimum Gasteiger partial charge on any atom is -0.478 e. The van der Waals surface area contributed by atoms with Crippen LogP contribution >= 0.6 is 0 Å². The van der Waals surface area contributed by atoms with Crippen LogP contribution in [0.3, 0.4) is 0 Å². The zero-order chi connectivity index (χ0) is 26.9. The summed E-state index contributed by atoms with van der Waals surface area (Å²) in [4.78, 5) is 14.0. The zero-order valence-corrected chi connectivity index (χ0v) is 22.8. The smallest absolute Gasteiger partial charge is 0.335 e. The molecule has 5 heteroatoms. The molecule has 0 aliphatic carbocycles. The Balaban J connectivity index is 1.51. The van der Waals surface area contributed by atoms with Gasteiger partial charge in [-0.15, -0.1) is 0 Å². The average Bonchev–Trinajstić information content (AvgIpc) is 3.13. The van der Waals surface area contributed by atoms with E-state index in [0.717, 1.165) is 78.5 Å². The zero-order valence-electron chi connectivity index (χ0n) is 22.8. The molecule has 1 N–H and O–H groups in total. The Kier molecular flexibility index (Phi) is 7.11. The second-order valence-corrected chi connectivity index (χ2v) is 10.7. The summed E-state index contributed by atoms with van der Waals surface area (Å²) >= 11 is 0. The number of benzene rings is 3. The number of unbranched alkanes of at least 4 members (excludes halogenated alkanes) is 2. The van der Waals surface area contributed by atoms with Crippen molar-refractivity contribution in [2.75, 3.05) is 18.0 Å². The normalized spacial score (nSPS) is 15.3. The largest absolute Gasteiger partial charge is 0.478 e. The highest BCUT2D eigenvalue weighted by molar-refractivity contribution is 6.06. The number of rotatable bonds is 9. The van der Waals surface area contributed by atoms with Crippen molar-refractivity contribution < 1.29 is 19.2 Å². The maximum Gasteiger partial charge on any atom is 0.335 e. The standard InChI is InChI=1S/C33H36N2O3/c1-5-7-19-34-27-11-9-10-12-29(27)38-30-21-23(13-16-28(30)34)14-18-31-33(3,4)25-22-24(32(36)37)15-17-26(25)35(31)20-8-6-2/h9-18,21-22H,5-8,19-20H2,1-4H3/p+1. The highest BCUT2D eigenvalue weighted by Gasteiger charge is 2.44. The van der Waals surface area contributed by atoms with E-state index >= 15 is 0 Å². The summed E-state index contributed by atoms with van der Waals surface area (Å²) in [6.45, 7) is 10.6. The van der Waals surface area contributed by atoms with Gasteiger partial charge in [0.15, 0.2) is 17.2 Å². The highest BCUT2D eigenvalue weighted by atomic mass is 16.5. The third-order valence-electron chi connectivity index (χ3n) is 7.69. The van der Waals surface area contributed by atoms with Crippen LogP contribution in [0.2, 0.25) is 0 Å². The maximum atomic E-state index is 11.7. The van der Waals surface area contributed by atoms with E-state index in [9.17, 15) is 9.90 Å². The van der Waals surface area contributed by atoms with Gasteiger partial charge >= 0.3 is 5.97 Å². The van der Waals surface area contributed by atoms with Gasteiger partial charge in [0.05, 0.1) is 22.4 Å². The number of carbonyl (C=O) groups is 1. The fourth-order valence-electron chi connectivity index (χ4n) is 5.55. The molecule has 0 bridgehead atoms. The van der Waals surface area contributed by atoms with Gasteiger partial charge in [0.1, 0.15) is 6.54 Å². The molecule has 5 rings (SSSR count). The van der Waals surface area contributed by atoms with Gasteiger partial charge in [0.2, 0.25) is 5.69 Å². The van der Waals surface area contributed by atoms with Crippen LogP contribution in [-0.2, 0) is 5.41 Å². The van der Waals surface area contributed by atoms with Gasteiger partial charge in [-0.1, -0.05) is 44.9 Å². The molecule has 0 saturated carbocycles. The molecule has 5 nitrogen and oxygen atoms in total. The number of ether oxygens (including phenoxy) is 1. The lowest BCUT2D eigenvalue weighted by Crippen LogP contribution is -2.28. The SMILES string of the molecule is CCCCN1c2ccccc2Oc2cc(C=CC3=[N+](CCCC)c4ccc(C(=O)O)cc4C3(C)C)ccc21. The van der Waals surface area contributed by atoms with Crippen molar-refractivity contribution in [2.45, 2.75) is 58.8 Å². The van der Waals surface area contributed by atoms with Crippen molar-refractivity contribution in [2.24, 2.45) is 0 Å². The van der Waals surface area contributed by atoms with Gasteiger partial charge < -0.3 is 14.7 Å². The van der Waals surface area contributed by atoms with Crippen LogP contribution in [0.4, 0.5) is 17.1 Å². The minimum absolute atomic E-state index is 0.314. The quantitative estimate of drug-likeness (QED) is 0.295. The maximum absolute atomic E-state index is 11.7. The molecule has 2 aliphatic rings. The van der Waals surface area contributed by atoms with Crippen molar-refractivity contribution >= 4 is 34.8 Å². The number of carboxylic acids is 1. The van der Waals surface area contributed by atoms with Crippen LogP contribution < -0.4 is 9.64 Å². The molecule has 0 amide bonds. The van der Waals surface area contributed by atoms with Gasteiger partial charge in [-0.3, -0.25) is 0 Å². The molecule has 0 radical (unpaired) electrons. The summed E-state index contributed by atoms with van der Waals surface area (Å²) in [5, 5.41) is 9.59. The molecule has 0 fully saturated rings. The van der Waals surface area contributed by atoms with Gasteiger partial charge in [0, 0.05) is 30.7 Å². The third kappa shape index (κ3) is 4.62. The summed E-state index contributed by atoms with van der Waals surface area (Å²) in [5.74, 6) is 0.866. The molecule has 0 spiro atoms. The van der Waals surface area contributed by atoms with Gasteiger partial charge in [-0.05, 0) is 68.3 Å². The Morgan fingerprint density at radius 3 is 2.47 bits per heavy atom. The van der Waals surface area contributed by atoms with Crippen LogP contribution in [0.1, 0.15) is 74.9 Å². The average molecular weight is 510 g/mol. The van der Waals surface area contributed by atoms with Crippen molar-refractivity contribution in [3.05, 3.63) is 83.4 Å². The number of fused-ring (bicyclic) bond motifs is 3. The Morgan fingerprint density at radius 2 is 1.71 bits per heavy atom. The van der Waals surface area contributed by atoms with E-state index in [2.05, 4.69) is 79.7 Å². The Hall–Kier alpha value is -3.86. The predicted molar refractivity (Wildman–Crippen MR) is 155 cm³/mol. The van der Waals surface area contributed by atoms with Gasteiger partial charge in [-0.25, -0.2) is 4.79 Å². The lowest BCUT2D eigenvalue weighted by Gasteiger charge is -2.33. The van der Waals surface area contributed by atoms with Crippen molar-refractivity contribution in [1.29, 1.82) is 0 Å². The Labute approximate surface area is 225 Å². The molecule has 0 aromatic heterocycles. The molecule has 0 saturated heterocycles. The van der Waals surface area contributed by atoms with E-state index in [1.807, 2.05) is 24.3 Å². The fraction of sp³-hybridized carbons (Fsp3) is 0.333. The van der Waals surface area contributed by atoms with E-state index in [1.54, 1.807) is 6.07 Å². The number of nitrogens with zero attached hydrogens (tertiary/aromatic N) is 2. The summed E-state index contributed by atoms with van der Waals surface area (Å²) in [6.07, 6.45) is 8.75. The number of carboxylic acid groups (broad SMARTS) is 1. The molecule has 3 aromatic rings. The van der Waals surface area contributed by atoms with E-state index < -0.39 is 5.97 Å². The molecule has 2 heterocycles. The molecular formula is C33H37N2O3+. The van der Waals surface area contributed by atoms with E-state index in [-0.39, 0.29) is 5.41 Å². The fourth-order valence-corrected chi connectivity index (χ4v) is 5.55. The monoisotopic (exact) mass is 509 g/mol. The highest BCUT2D eigenvalue weighted by Crippen LogP contribution is 2.47. The summed E-state index contributed by atoms with van der Waals surface area (Å²) in [5.41, 5.74) is 6.64. The number of anilines is 2. The third-order valence-corrected chi connectivity index (χ3v) is 7.69. The van der Waals surface area contributed by atoms with E-state index in [1.165, 1.54) is 5.71 Å². The van der Waals surface area contributed by atoms with Crippen LogP contribution in [0, 0.1) is 0 Å². The van der Waals surface area contributed by atoms with Crippen LogP contribution in [0.5, 0.6) is 11.5 Å². The van der Waals surface area contributed by atoms with Crippen LogP contribution in [0.15, 0.2) is 66.7 Å². The topological polar surface area (TPSA) is 52.8 Å². The Bertz CT molecular complexity index is 1430. The summed E-state index contributed by atoms with van der Waals surface area (Å²) in [7, 11) is 0. The number of para-hydroxylation sites is 2. The van der Waals surface area contributed by atoms with Crippen LogP contribution in [0.25, 0.3) is 6.08 Å². The molecule has 2 aliphatic heterocycles. The van der Waals surface area contributed by atoms with Crippen molar-refractivity contribution in [1.82, 2.24) is 0 Å². The lowest BCUT2D eigenvalue weighted by atomic mass is 9.80. The first-order valence-corrected chi connectivity index (χ1v) is 13.7. The van der Waals surface area contributed by atoms with E-state index in [0.29, 0.717) is 5.56 Å². The molecule has 38 heavy (non-hydrogen) atoms. The number of hydrogen-bond acceptors (Lipinski definition) is 3. The summed E-state index contributed by atoms with van der Waals surface area (Å²) < 4.78 is 8.71. The minimum atomic E-state index is -0.892. The molecule has 0 atom stereocenters. The number of hydrogen-bond donors (Lipinski definition) is 1.